The summed E-state index contributed by atoms with van der Waals surface area (Å²) in [6.07, 6.45) is 4.72. The van der Waals surface area contributed by atoms with Crippen molar-refractivity contribution in [2.24, 2.45) is 5.92 Å². The lowest BCUT2D eigenvalue weighted by Gasteiger charge is -1.94. The molecule has 58 valence electrons. The van der Waals surface area contributed by atoms with Crippen LogP contribution in [0.1, 0.15) is 26.7 Å². The quantitative estimate of drug-likeness (QED) is 0.610. The van der Waals surface area contributed by atoms with Gasteiger partial charge >= 0.3 is 5.97 Å². The third-order valence-electron chi connectivity index (χ3n) is 1.07. The first kappa shape index (κ1) is 9.21. The highest BCUT2D eigenvalue weighted by atomic mass is 16.4. The van der Waals surface area contributed by atoms with Gasteiger partial charge in [-0.05, 0) is 12.3 Å². The molecule has 0 aromatic heterocycles. The van der Waals surface area contributed by atoms with Crippen LogP contribution in [0.2, 0.25) is 0 Å². The van der Waals surface area contributed by atoms with Crippen LogP contribution in [0.15, 0.2) is 12.2 Å². The maximum Gasteiger partial charge on any atom is 0.307 e. The number of aliphatic carboxylic acids is 1. The van der Waals surface area contributed by atoms with Crippen molar-refractivity contribution in [3.05, 3.63) is 12.2 Å². The monoisotopic (exact) mass is 142 g/mol. The average Bonchev–Trinajstić information content (AvgIpc) is 1.79. The van der Waals surface area contributed by atoms with Crippen molar-refractivity contribution in [1.82, 2.24) is 0 Å². The van der Waals surface area contributed by atoms with Crippen LogP contribution in [0, 0.1) is 5.92 Å². The Hall–Kier alpha value is -0.790. The molecule has 2 heteroatoms. The van der Waals surface area contributed by atoms with Crippen LogP contribution in [0.25, 0.3) is 0 Å². The summed E-state index contributed by atoms with van der Waals surface area (Å²) in [5.74, 6) is -0.148. The highest BCUT2D eigenvalue weighted by molar-refractivity contribution is 5.68. The predicted octanol–water partition coefficient (Wildman–Crippen LogP) is 2.06. The molecule has 0 aliphatic carbocycles. The molecule has 0 atom stereocenters. The first-order valence-electron chi connectivity index (χ1n) is 3.49. The van der Waals surface area contributed by atoms with Gasteiger partial charge in [-0.2, -0.15) is 0 Å². The van der Waals surface area contributed by atoms with Crippen molar-refractivity contribution < 1.29 is 9.90 Å². The van der Waals surface area contributed by atoms with E-state index in [1.807, 2.05) is 6.08 Å². The summed E-state index contributed by atoms with van der Waals surface area (Å²) in [4.78, 5) is 9.99. The molecule has 0 spiro atoms. The lowest BCUT2D eigenvalue weighted by atomic mass is 10.1. The van der Waals surface area contributed by atoms with Crippen LogP contribution in [0.5, 0.6) is 0 Å². The van der Waals surface area contributed by atoms with Crippen molar-refractivity contribution in [3.8, 4) is 0 Å². The van der Waals surface area contributed by atoms with Gasteiger partial charge in [-0.1, -0.05) is 26.0 Å². The van der Waals surface area contributed by atoms with Gasteiger partial charge in [-0.15, -0.1) is 0 Å². The van der Waals surface area contributed by atoms with Crippen molar-refractivity contribution >= 4 is 5.97 Å². The number of hydrogen-bond donors (Lipinski definition) is 1. The van der Waals surface area contributed by atoms with Gasteiger partial charge < -0.3 is 5.11 Å². The Kier molecular flexibility index (Phi) is 4.63. The Balaban J connectivity index is 3.29. The van der Waals surface area contributed by atoms with Crippen LogP contribution >= 0.6 is 0 Å². The Morgan fingerprint density at radius 2 is 2.10 bits per heavy atom. The van der Waals surface area contributed by atoms with E-state index in [2.05, 4.69) is 13.8 Å². The molecule has 0 amide bonds. The summed E-state index contributed by atoms with van der Waals surface area (Å²) < 4.78 is 0. The predicted molar refractivity (Wildman–Crippen MR) is 40.8 cm³/mol. The Morgan fingerprint density at radius 1 is 1.50 bits per heavy atom. The van der Waals surface area contributed by atoms with E-state index in [0.29, 0.717) is 5.92 Å². The zero-order chi connectivity index (χ0) is 7.98. The minimum absolute atomic E-state index is 0.146. The van der Waals surface area contributed by atoms with Gasteiger partial charge in [0.2, 0.25) is 0 Å². The average molecular weight is 142 g/mol. The molecule has 0 aromatic carbocycles. The summed E-state index contributed by atoms with van der Waals surface area (Å²) in [6.45, 7) is 4.20. The summed E-state index contributed by atoms with van der Waals surface area (Å²) in [5.41, 5.74) is 0. The standard InChI is InChI=1S/C8H14O2/c1-7(2)5-3-4-6-8(9)10/h3-4,7H,5-6H2,1-2H3,(H,9,10)/b4-3+. The minimum Gasteiger partial charge on any atom is -0.481 e. The zero-order valence-corrected chi connectivity index (χ0v) is 6.50. The number of carbonyl (C=O) groups is 1. The summed E-state index contributed by atoms with van der Waals surface area (Å²) in [7, 11) is 0. The minimum atomic E-state index is -0.764. The highest BCUT2D eigenvalue weighted by Gasteiger charge is 1.90. The fourth-order valence-corrected chi connectivity index (χ4v) is 0.553. The first-order chi connectivity index (χ1) is 4.63. The van der Waals surface area contributed by atoms with Crippen molar-refractivity contribution in [3.63, 3.8) is 0 Å². The topological polar surface area (TPSA) is 37.3 Å². The normalized spacial score (nSPS) is 11.1. The molecular weight excluding hydrogens is 128 g/mol. The second-order valence-corrected chi connectivity index (χ2v) is 2.70. The van der Waals surface area contributed by atoms with Crippen LogP contribution in [-0.2, 0) is 4.79 Å². The Bertz CT molecular complexity index is 125. The molecule has 0 bridgehead atoms. The molecule has 0 unspecified atom stereocenters. The summed E-state index contributed by atoms with van der Waals surface area (Å²) in [6, 6.07) is 0. The van der Waals surface area contributed by atoms with Crippen molar-refractivity contribution in [2.75, 3.05) is 0 Å². The molecule has 0 fully saturated rings. The second kappa shape index (κ2) is 5.03. The molecule has 0 aliphatic heterocycles. The fourth-order valence-electron chi connectivity index (χ4n) is 0.553. The molecule has 0 rings (SSSR count). The molecule has 0 saturated carbocycles. The largest absolute Gasteiger partial charge is 0.481 e. The summed E-state index contributed by atoms with van der Waals surface area (Å²) >= 11 is 0. The second-order valence-electron chi connectivity index (χ2n) is 2.70. The van der Waals surface area contributed by atoms with Gasteiger partial charge in [0.1, 0.15) is 0 Å². The lowest BCUT2D eigenvalue weighted by molar-refractivity contribution is -0.136. The molecule has 0 heterocycles. The maximum absolute atomic E-state index is 9.99. The number of allylic oxidation sites excluding steroid dienone is 1. The van der Waals surface area contributed by atoms with Gasteiger partial charge in [0, 0.05) is 0 Å². The first-order valence-corrected chi connectivity index (χ1v) is 3.49. The van der Waals surface area contributed by atoms with Gasteiger partial charge in [0.05, 0.1) is 6.42 Å². The third kappa shape index (κ3) is 7.21. The van der Waals surface area contributed by atoms with Gasteiger partial charge in [-0.25, -0.2) is 0 Å². The van der Waals surface area contributed by atoms with Gasteiger partial charge in [0.25, 0.3) is 0 Å². The molecule has 0 aromatic rings. The van der Waals surface area contributed by atoms with Gasteiger partial charge in [0.15, 0.2) is 0 Å². The Labute approximate surface area is 61.6 Å². The van der Waals surface area contributed by atoms with Crippen LogP contribution in [-0.4, -0.2) is 11.1 Å². The van der Waals surface area contributed by atoms with Crippen LogP contribution < -0.4 is 0 Å². The molecule has 0 saturated heterocycles. The number of carboxylic acids is 1. The molecule has 0 radical (unpaired) electrons. The number of hydrogen-bond acceptors (Lipinski definition) is 1. The van der Waals surface area contributed by atoms with E-state index in [1.54, 1.807) is 6.08 Å². The molecule has 10 heavy (non-hydrogen) atoms. The maximum atomic E-state index is 9.99. The van der Waals surface area contributed by atoms with E-state index in [9.17, 15) is 4.79 Å². The van der Waals surface area contributed by atoms with E-state index in [0.717, 1.165) is 6.42 Å². The summed E-state index contributed by atoms with van der Waals surface area (Å²) in [5, 5.41) is 8.23. The van der Waals surface area contributed by atoms with Crippen molar-refractivity contribution in [2.45, 2.75) is 26.7 Å². The number of carboxylic acid groups (broad SMARTS) is 1. The van der Waals surface area contributed by atoms with E-state index in [4.69, 9.17) is 5.11 Å². The smallest absolute Gasteiger partial charge is 0.307 e. The zero-order valence-electron chi connectivity index (χ0n) is 6.50. The molecule has 1 N–H and O–H groups in total. The lowest BCUT2D eigenvalue weighted by Crippen LogP contribution is -1.90. The van der Waals surface area contributed by atoms with E-state index in [1.165, 1.54) is 0 Å². The highest BCUT2D eigenvalue weighted by Crippen LogP contribution is 2.00. The Morgan fingerprint density at radius 3 is 2.50 bits per heavy atom. The van der Waals surface area contributed by atoms with E-state index >= 15 is 0 Å². The van der Waals surface area contributed by atoms with E-state index in [-0.39, 0.29) is 6.42 Å². The van der Waals surface area contributed by atoms with Crippen LogP contribution in [0.3, 0.4) is 0 Å². The fraction of sp³-hybridized carbons (Fsp3) is 0.625. The van der Waals surface area contributed by atoms with Crippen molar-refractivity contribution in [1.29, 1.82) is 0 Å². The molecular formula is C8H14O2. The SMILES string of the molecule is CC(C)C/C=C/CC(=O)O. The third-order valence-corrected chi connectivity index (χ3v) is 1.07. The molecule has 0 aliphatic rings. The number of rotatable bonds is 4. The molecule has 2 nitrogen and oxygen atoms in total. The van der Waals surface area contributed by atoms with Crippen LogP contribution in [0.4, 0.5) is 0 Å². The van der Waals surface area contributed by atoms with Gasteiger partial charge in [-0.3, -0.25) is 4.79 Å². The van der Waals surface area contributed by atoms with E-state index < -0.39 is 5.97 Å².